The van der Waals surface area contributed by atoms with Gasteiger partial charge in [-0.2, -0.15) is 0 Å². The van der Waals surface area contributed by atoms with Gasteiger partial charge in [-0.15, -0.1) is 0 Å². The van der Waals surface area contributed by atoms with E-state index >= 15 is 0 Å². The van der Waals surface area contributed by atoms with E-state index in [0.717, 1.165) is 39.1 Å². The molecule has 4 nitrogen and oxygen atoms in total. The van der Waals surface area contributed by atoms with Crippen LogP contribution in [0.2, 0.25) is 0 Å². The van der Waals surface area contributed by atoms with Gasteiger partial charge < -0.3 is 4.74 Å². The monoisotopic (exact) mass is 261 g/mol. The van der Waals surface area contributed by atoms with E-state index in [0.29, 0.717) is 17.4 Å². The minimum absolute atomic E-state index is 0.0556. The zero-order valence-electron chi connectivity index (χ0n) is 10.8. The number of hydrogen-bond acceptors (Lipinski definition) is 4. The molecule has 1 atom stereocenters. The van der Waals surface area contributed by atoms with Crippen molar-refractivity contribution < 1.29 is 13.2 Å². The van der Waals surface area contributed by atoms with Crippen molar-refractivity contribution in [3.05, 3.63) is 0 Å². The predicted octanol–water partition coefficient (Wildman–Crippen LogP) is 0.922. The third-order valence-corrected chi connectivity index (χ3v) is 5.52. The van der Waals surface area contributed by atoms with Crippen LogP contribution in [-0.4, -0.2) is 56.7 Å². The average molecular weight is 261 g/mol. The van der Waals surface area contributed by atoms with Gasteiger partial charge in [-0.1, -0.05) is 0 Å². The normalized spacial score (nSPS) is 32.7. The Morgan fingerprint density at radius 3 is 2.76 bits per heavy atom. The van der Waals surface area contributed by atoms with E-state index in [1.807, 2.05) is 0 Å². The Morgan fingerprint density at radius 1 is 1.41 bits per heavy atom. The first kappa shape index (κ1) is 13.3. The van der Waals surface area contributed by atoms with Crippen molar-refractivity contribution in [1.82, 2.24) is 4.90 Å². The fourth-order valence-electron chi connectivity index (χ4n) is 2.77. The molecule has 100 valence electrons. The zero-order chi connectivity index (χ0) is 12.5. The standard InChI is InChI=1S/C12H23NO3S/c1-12(2)10-13(6-7-16-12)5-3-11-4-8-17(14,15)9-11/h11H,3-10H2,1-2H3. The van der Waals surface area contributed by atoms with Crippen molar-refractivity contribution in [3.8, 4) is 0 Å². The van der Waals surface area contributed by atoms with Crippen LogP contribution in [0.25, 0.3) is 0 Å². The summed E-state index contributed by atoms with van der Waals surface area (Å²) in [4.78, 5) is 2.40. The van der Waals surface area contributed by atoms with Gasteiger partial charge in [0.15, 0.2) is 9.84 Å². The highest BCUT2D eigenvalue weighted by molar-refractivity contribution is 7.91. The molecule has 2 rings (SSSR count). The lowest BCUT2D eigenvalue weighted by Gasteiger charge is -2.38. The van der Waals surface area contributed by atoms with Crippen molar-refractivity contribution in [2.24, 2.45) is 5.92 Å². The van der Waals surface area contributed by atoms with Crippen LogP contribution in [0, 0.1) is 5.92 Å². The molecule has 0 aromatic heterocycles. The summed E-state index contributed by atoms with van der Waals surface area (Å²) in [6.07, 6.45) is 1.87. The minimum atomic E-state index is -2.71. The molecule has 5 heteroatoms. The van der Waals surface area contributed by atoms with Gasteiger partial charge in [-0.25, -0.2) is 8.42 Å². The number of ether oxygens (including phenoxy) is 1. The molecule has 17 heavy (non-hydrogen) atoms. The molecule has 0 aromatic carbocycles. The molecule has 0 aliphatic carbocycles. The second-order valence-corrected chi connectivity index (χ2v) is 8.17. The van der Waals surface area contributed by atoms with Gasteiger partial charge in [0.2, 0.25) is 0 Å². The van der Waals surface area contributed by atoms with E-state index in [1.54, 1.807) is 0 Å². The van der Waals surface area contributed by atoms with Gasteiger partial charge in [0.25, 0.3) is 0 Å². The van der Waals surface area contributed by atoms with Crippen molar-refractivity contribution in [2.45, 2.75) is 32.3 Å². The lowest BCUT2D eigenvalue weighted by molar-refractivity contribution is -0.0866. The third kappa shape index (κ3) is 3.93. The SMILES string of the molecule is CC1(C)CN(CCC2CCS(=O)(=O)C2)CCO1. The molecule has 2 saturated heterocycles. The molecule has 0 N–H and O–H groups in total. The maximum absolute atomic E-state index is 11.4. The van der Waals surface area contributed by atoms with Gasteiger partial charge in [0.1, 0.15) is 0 Å². The largest absolute Gasteiger partial charge is 0.373 e. The van der Waals surface area contributed by atoms with Crippen molar-refractivity contribution >= 4 is 9.84 Å². The van der Waals surface area contributed by atoms with Crippen LogP contribution in [0.3, 0.4) is 0 Å². The summed E-state index contributed by atoms with van der Waals surface area (Å²) in [7, 11) is -2.71. The summed E-state index contributed by atoms with van der Waals surface area (Å²) in [5.74, 6) is 1.18. The number of sulfone groups is 1. The Bertz CT molecular complexity index is 364. The number of morpholine rings is 1. The second-order valence-electron chi connectivity index (χ2n) is 5.94. The summed E-state index contributed by atoms with van der Waals surface area (Å²) in [6, 6.07) is 0. The van der Waals surface area contributed by atoms with Crippen molar-refractivity contribution in [1.29, 1.82) is 0 Å². The Labute approximate surface area is 104 Å². The van der Waals surface area contributed by atoms with Crippen LogP contribution >= 0.6 is 0 Å². The smallest absolute Gasteiger partial charge is 0.150 e. The molecular formula is C12H23NO3S. The summed E-state index contributed by atoms with van der Waals surface area (Å²) in [6.45, 7) is 7.94. The summed E-state index contributed by atoms with van der Waals surface area (Å²) in [5, 5.41) is 0. The predicted molar refractivity (Wildman–Crippen MR) is 67.8 cm³/mol. The van der Waals surface area contributed by atoms with Crippen molar-refractivity contribution in [2.75, 3.05) is 37.7 Å². The van der Waals surface area contributed by atoms with E-state index in [4.69, 9.17) is 4.74 Å². The molecule has 2 fully saturated rings. The molecule has 1 unspecified atom stereocenters. The molecule has 0 aromatic rings. The molecule has 0 bridgehead atoms. The van der Waals surface area contributed by atoms with E-state index in [9.17, 15) is 8.42 Å². The lowest BCUT2D eigenvalue weighted by Crippen LogP contribution is -2.48. The van der Waals surface area contributed by atoms with Crippen LogP contribution < -0.4 is 0 Å². The number of hydrogen-bond donors (Lipinski definition) is 0. The van der Waals surface area contributed by atoms with Gasteiger partial charge in [0.05, 0.1) is 23.7 Å². The lowest BCUT2D eigenvalue weighted by atomic mass is 10.0. The quantitative estimate of drug-likeness (QED) is 0.758. The first-order valence-electron chi connectivity index (χ1n) is 6.43. The van der Waals surface area contributed by atoms with E-state index < -0.39 is 9.84 Å². The Balaban J connectivity index is 1.75. The third-order valence-electron chi connectivity index (χ3n) is 3.69. The van der Waals surface area contributed by atoms with Gasteiger partial charge >= 0.3 is 0 Å². The molecule has 2 heterocycles. The number of nitrogens with zero attached hydrogens (tertiary/aromatic N) is 1. The first-order valence-corrected chi connectivity index (χ1v) is 8.25. The second kappa shape index (κ2) is 4.86. The summed E-state index contributed by atoms with van der Waals surface area (Å²) < 4.78 is 28.4. The molecular weight excluding hydrogens is 238 g/mol. The van der Waals surface area contributed by atoms with E-state index in [-0.39, 0.29) is 5.60 Å². The van der Waals surface area contributed by atoms with E-state index in [2.05, 4.69) is 18.7 Å². The van der Waals surface area contributed by atoms with Crippen LogP contribution in [0.1, 0.15) is 26.7 Å². The fraction of sp³-hybridized carbons (Fsp3) is 1.00. The van der Waals surface area contributed by atoms with Crippen LogP contribution in [0.5, 0.6) is 0 Å². The molecule has 2 aliphatic heterocycles. The Morgan fingerprint density at radius 2 is 2.18 bits per heavy atom. The van der Waals surface area contributed by atoms with Crippen molar-refractivity contribution in [3.63, 3.8) is 0 Å². The van der Waals surface area contributed by atoms with Crippen LogP contribution in [0.15, 0.2) is 0 Å². The van der Waals surface area contributed by atoms with Gasteiger partial charge in [-0.05, 0) is 39.2 Å². The topological polar surface area (TPSA) is 46.6 Å². The highest BCUT2D eigenvalue weighted by Crippen LogP contribution is 2.23. The summed E-state index contributed by atoms with van der Waals surface area (Å²) in [5.41, 5.74) is -0.0556. The fourth-order valence-corrected chi connectivity index (χ4v) is 4.68. The molecule has 2 aliphatic rings. The number of rotatable bonds is 3. The van der Waals surface area contributed by atoms with E-state index in [1.165, 1.54) is 0 Å². The van der Waals surface area contributed by atoms with Crippen LogP contribution in [0.4, 0.5) is 0 Å². The maximum Gasteiger partial charge on any atom is 0.150 e. The summed E-state index contributed by atoms with van der Waals surface area (Å²) >= 11 is 0. The highest BCUT2D eigenvalue weighted by Gasteiger charge is 2.30. The highest BCUT2D eigenvalue weighted by atomic mass is 32.2. The maximum atomic E-state index is 11.4. The Kier molecular flexibility index (Phi) is 3.80. The van der Waals surface area contributed by atoms with Gasteiger partial charge in [0, 0.05) is 13.1 Å². The van der Waals surface area contributed by atoms with Crippen LogP contribution in [-0.2, 0) is 14.6 Å². The minimum Gasteiger partial charge on any atom is -0.373 e. The molecule has 0 spiro atoms. The Hall–Kier alpha value is -0.130. The van der Waals surface area contributed by atoms with Gasteiger partial charge in [-0.3, -0.25) is 4.90 Å². The molecule has 0 amide bonds. The molecule has 0 radical (unpaired) electrons. The zero-order valence-corrected chi connectivity index (χ0v) is 11.6. The average Bonchev–Trinajstić information content (AvgIpc) is 2.54. The molecule has 0 saturated carbocycles. The first-order chi connectivity index (χ1) is 7.86.